The second kappa shape index (κ2) is 5.69. The quantitative estimate of drug-likeness (QED) is 0.431. The van der Waals surface area contributed by atoms with Gasteiger partial charge in [-0.25, -0.2) is 0 Å². The van der Waals surface area contributed by atoms with Gasteiger partial charge in [-0.05, 0) is 6.07 Å². The number of rotatable bonds is 1. The van der Waals surface area contributed by atoms with Crippen LogP contribution in [0.2, 0.25) is 0 Å². The van der Waals surface area contributed by atoms with E-state index in [1.165, 1.54) is 6.20 Å². The van der Waals surface area contributed by atoms with Gasteiger partial charge in [0.2, 0.25) is 0 Å². The van der Waals surface area contributed by atoms with Crippen LogP contribution in [0, 0.1) is 0 Å². The number of anilines is 1. The van der Waals surface area contributed by atoms with Gasteiger partial charge in [-0.15, -0.1) is 0 Å². The minimum Gasteiger partial charge on any atom is -0.497 e. The second-order valence-corrected chi connectivity index (χ2v) is 2.84. The molecule has 0 fully saturated rings. The molecule has 0 atom stereocenters. The first kappa shape index (κ1) is 12.8. The van der Waals surface area contributed by atoms with Crippen LogP contribution in [-0.2, 0) is 4.74 Å². The Morgan fingerprint density at radius 3 is 2.88 bits per heavy atom. The average molecular weight is 226 g/mol. The summed E-state index contributed by atoms with van der Waals surface area (Å²) in [5, 5.41) is 13.0. The number of ether oxygens (including phenoxy) is 1. The molecule has 1 aromatic carbocycles. The number of nitrogens with one attached hydrogen (secondary N) is 1. The number of nitrogens with zero attached hydrogens (tertiary/aromatic N) is 1. The van der Waals surface area contributed by atoms with E-state index >= 15 is 0 Å². The summed E-state index contributed by atoms with van der Waals surface area (Å²) in [4.78, 5) is 14.1. The van der Waals surface area contributed by atoms with Crippen molar-refractivity contribution in [1.29, 1.82) is 0 Å². The van der Waals surface area contributed by atoms with Gasteiger partial charge in [-0.2, -0.15) is 0 Å². The van der Waals surface area contributed by atoms with Crippen LogP contribution in [0.5, 0.6) is 0 Å². The van der Waals surface area contributed by atoms with Gasteiger partial charge in [0.05, 0.1) is 6.20 Å². The molecule has 1 aliphatic rings. The summed E-state index contributed by atoms with van der Waals surface area (Å²) < 4.78 is 4.37. The maximum Gasteiger partial charge on any atom is 1.00 e. The molecular formula is C10H7N2NaO3. The van der Waals surface area contributed by atoms with Crippen LogP contribution in [0.25, 0.3) is 0 Å². The molecule has 0 aliphatic carbocycles. The fraction of sp³-hybridized carbons (Fsp3) is 0. The second-order valence-electron chi connectivity index (χ2n) is 2.84. The Bertz CT molecular complexity index is 457. The van der Waals surface area contributed by atoms with Gasteiger partial charge in [0, 0.05) is 17.5 Å². The third-order valence-electron chi connectivity index (χ3n) is 1.82. The van der Waals surface area contributed by atoms with Crippen LogP contribution < -0.4 is 40.0 Å². The molecule has 0 saturated heterocycles. The van der Waals surface area contributed by atoms with Gasteiger partial charge < -0.3 is 20.0 Å². The number of aliphatic imine (C=N–C) groups is 1. The number of benzene rings is 1. The summed E-state index contributed by atoms with van der Waals surface area (Å²) in [5.41, 5.74) is 1.58. The summed E-state index contributed by atoms with van der Waals surface area (Å²) in [5.74, 6) is 0.0243. The Morgan fingerprint density at radius 1 is 1.38 bits per heavy atom. The van der Waals surface area contributed by atoms with Crippen molar-refractivity contribution >= 4 is 18.1 Å². The number of carbonyl (C=O) groups excluding carboxylic acids is 1. The van der Waals surface area contributed by atoms with E-state index in [4.69, 9.17) is 0 Å². The van der Waals surface area contributed by atoms with Gasteiger partial charge in [0.25, 0.3) is 6.16 Å². The molecule has 2 rings (SSSR count). The maximum atomic E-state index is 10.2. The van der Waals surface area contributed by atoms with E-state index in [0.29, 0.717) is 0 Å². The van der Waals surface area contributed by atoms with Crippen molar-refractivity contribution in [1.82, 2.24) is 0 Å². The maximum absolute atomic E-state index is 10.2. The van der Waals surface area contributed by atoms with E-state index in [1.807, 2.05) is 18.2 Å². The van der Waals surface area contributed by atoms with Crippen LogP contribution in [0.4, 0.5) is 10.5 Å². The SMILES string of the molecule is O=C([O-])OC1=CN=Cc2ccccc2N1.[Na+]. The monoisotopic (exact) mass is 226 g/mol. The Hall–Kier alpha value is -1.30. The molecule has 0 spiro atoms. The van der Waals surface area contributed by atoms with Gasteiger partial charge in [-0.1, -0.05) is 18.2 Å². The zero-order chi connectivity index (χ0) is 10.7. The number of carbonyl (C=O) groups is 1. The van der Waals surface area contributed by atoms with E-state index in [1.54, 1.807) is 12.3 Å². The molecule has 0 unspecified atom stereocenters. The number of fused-ring (bicyclic) bond motifs is 1. The molecule has 16 heavy (non-hydrogen) atoms. The van der Waals surface area contributed by atoms with Crippen molar-refractivity contribution in [3.63, 3.8) is 0 Å². The number of para-hydroxylation sites is 1. The summed E-state index contributed by atoms with van der Waals surface area (Å²) in [6.45, 7) is 0. The van der Waals surface area contributed by atoms with Crippen molar-refractivity contribution < 1.29 is 44.2 Å². The molecule has 76 valence electrons. The molecule has 0 amide bonds. The third kappa shape index (κ3) is 3.10. The number of carboxylic acid groups (broad SMARTS) is 1. The molecule has 1 heterocycles. The smallest absolute Gasteiger partial charge is 0.497 e. The minimum absolute atomic E-state index is 0. The van der Waals surface area contributed by atoms with Crippen molar-refractivity contribution in [3.05, 3.63) is 41.9 Å². The van der Waals surface area contributed by atoms with Gasteiger partial charge in [0.15, 0.2) is 0 Å². The first-order valence-corrected chi connectivity index (χ1v) is 4.24. The predicted molar refractivity (Wildman–Crippen MR) is 52.2 cm³/mol. The molecule has 6 heteroatoms. The Morgan fingerprint density at radius 2 is 2.12 bits per heavy atom. The first-order valence-electron chi connectivity index (χ1n) is 4.24. The van der Waals surface area contributed by atoms with Gasteiger partial charge in [0.1, 0.15) is 5.88 Å². The normalized spacial score (nSPS) is 12.4. The fourth-order valence-electron chi connectivity index (χ4n) is 1.22. The van der Waals surface area contributed by atoms with E-state index in [0.717, 1.165) is 11.3 Å². The van der Waals surface area contributed by atoms with Crippen molar-refractivity contribution in [3.8, 4) is 0 Å². The third-order valence-corrected chi connectivity index (χ3v) is 1.82. The molecule has 1 aromatic rings. The molecule has 0 aromatic heterocycles. The van der Waals surface area contributed by atoms with Crippen LogP contribution in [0.15, 0.2) is 41.3 Å². The van der Waals surface area contributed by atoms with Crippen LogP contribution >= 0.6 is 0 Å². The first-order chi connectivity index (χ1) is 7.25. The van der Waals surface area contributed by atoms with E-state index < -0.39 is 6.16 Å². The number of hydrogen-bond acceptors (Lipinski definition) is 5. The van der Waals surface area contributed by atoms with Crippen LogP contribution in [-0.4, -0.2) is 12.4 Å². The Kier molecular flexibility index (Phi) is 4.54. The van der Waals surface area contributed by atoms with E-state index in [-0.39, 0.29) is 35.4 Å². The van der Waals surface area contributed by atoms with Crippen molar-refractivity contribution in [2.24, 2.45) is 4.99 Å². The molecule has 1 aliphatic heterocycles. The largest absolute Gasteiger partial charge is 1.00 e. The van der Waals surface area contributed by atoms with E-state index in [2.05, 4.69) is 15.0 Å². The van der Waals surface area contributed by atoms with Gasteiger partial charge in [-0.3, -0.25) is 4.99 Å². The molecule has 0 radical (unpaired) electrons. The van der Waals surface area contributed by atoms with Crippen molar-refractivity contribution in [2.45, 2.75) is 0 Å². The van der Waals surface area contributed by atoms with E-state index in [9.17, 15) is 9.90 Å². The summed E-state index contributed by atoms with van der Waals surface area (Å²) in [6, 6.07) is 7.32. The van der Waals surface area contributed by atoms with Gasteiger partial charge >= 0.3 is 29.6 Å². The zero-order valence-electron chi connectivity index (χ0n) is 8.64. The Balaban J connectivity index is 0.00000128. The molecular weight excluding hydrogens is 219 g/mol. The fourth-order valence-corrected chi connectivity index (χ4v) is 1.22. The summed E-state index contributed by atoms with van der Waals surface area (Å²) in [6.07, 6.45) is 1.26. The standard InChI is InChI=1S/C10H8N2O3.Na/c13-10(14)15-9-6-11-5-7-3-1-2-4-8(7)12-9;/h1-6,12H,(H,13,14);/q;+1/p-1. The molecule has 1 N–H and O–H groups in total. The minimum atomic E-state index is -1.62. The molecule has 5 nitrogen and oxygen atoms in total. The van der Waals surface area contributed by atoms with Crippen molar-refractivity contribution in [2.75, 3.05) is 5.32 Å². The van der Waals surface area contributed by atoms with Crippen LogP contribution in [0.3, 0.4) is 0 Å². The average Bonchev–Trinajstić information content (AvgIpc) is 2.38. The zero-order valence-corrected chi connectivity index (χ0v) is 10.6. The summed E-state index contributed by atoms with van der Waals surface area (Å²) in [7, 11) is 0. The topological polar surface area (TPSA) is 73.8 Å². The molecule has 0 bridgehead atoms. The molecule has 0 saturated carbocycles. The predicted octanol–water partition coefficient (Wildman–Crippen LogP) is -2.31. The Labute approximate surface area is 114 Å². The number of hydrogen-bond donors (Lipinski definition) is 1. The van der Waals surface area contributed by atoms with Crippen LogP contribution in [0.1, 0.15) is 5.56 Å². The summed E-state index contributed by atoms with van der Waals surface area (Å²) >= 11 is 0.